The van der Waals surface area contributed by atoms with Crippen LogP contribution in [0.15, 0.2) is 24.3 Å². The number of likely N-dealkylation sites (N-methyl/N-ethyl adjacent to an activating group) is 1. The first-order valence-electron chi connectivity index (χ1n) is 7.48. The van der Waals surface area contributed by atoms with Gasteiger partial charge in [-0.2, -0.15) is 0 Å². The number of hydrogen-bond acceptors (Lipinski definition) is 4. The number of amides is 1. The van der Waals surface area contributed by atoms with E-state index in [0.29, 0.717) is 19.5 Å². The van der Waals surface area contributed by atoms with Crippen molar-refractivity contribution < 1.29 is 9.90 Å². The maximum atomic E-state index is 12.2. The summed E-state index contributed by atoms with van der Waals surface area (Å²) in [6.45, 7) is 7.75. The minimum Gasteiger partial charge on any atom is -0.395 e. The van der Waals surface area contributed by atoms with Gasteiger partial charge >= 0.3 is 0 Å². The van der Waals surface area contributed by atoms with E-state index in [4.69, 9.17) is 10.8 Å². The molecule has 0 heterocycles. The second-order valence-corrected chi connectivity index (χ2v) is 5.42. The number of nitrogens with two attached hydrogens (primary N) is 1. The van der Waals surface area contributed by atoms with E-state index in [0.717, 1.165) is 17.9 Å². The van der Waals surface area contributed by atoms with Gasteiger partial charge < -0.3 is 21.1 Å². The van der Waals surface area contributed by atoms with Gasteiger partial charge in [0.2, 0.25) is 5.91 Å². The van der Waals surface area contributed by atoms with Crippen molar-refractivity contribution in [1.82, 2.24) is 0 Å². The Labute approximate surface area is 127 Å². The largest absolute Gasteiger partial charge is 0.395 e. The lowest BCUT2D eigenvalue weighted by atomic mass is 9.86. The molecule has 118 valence electrons. The molecule has 1 unspecified atom stereocenters. The number of nitrogens with one attached hydrogen (secondary N) is 1. The number of anilines is 2. The minimum absolute atomic E-state index is 0.0528. The van der Waals surface area contributed by atoms with E-state index in [-0.39, 0.29) is 12.5 Å². The van der Waals surface area contributed by atoms with Crippen LogP contribution in [0.5, 0.6) is 0 Å². The van der Waals surface area contributed by atoms with Gasteiger partial charge in [-0.05, 0) is 44.5 Å². The fourth-order valence-electron chi connectivity index (χ4n) is 2.03. The lowest BCUT2D eigenvalue weighted by molar-refractivity contribution is -0.124. The van der Waals surface area contributed by atoms with Crippen LogP contribution in [-0.2, 0) is 4.79 Å². The molecule has 0 saturated heterocycles. The monoisotopic (exact) mass is 293 g/mol. The standard InChI is InChI=1S/C16H27N3O2/c1-4-16(3,12-17)15(21)18-13-6-8-14(9-7-13)19(5-2)10-11-20/h6-9,20H,4-5,10-12,17H2,1-3H3,(H,18,21). The topological polar surface area (TPSA) is 78.6 Å². The van der Waals surface area contributed by atoms with Gasteiger partial charge in [-0.1, -0.05) is 6.92 Å². The third-order valence-corrected chi connectivity index (χ3v) is 4.02. The Kier molecular flexibility index (Phi) is 6.65. The highest BCUT2D eigenvalue weighted by atomic mass is 16.3. The van der Waals surface area contributed by atoms with E-state index in [2.05, 4.69) is 10.2 Å². The molecule has 1 atom stereocenters. The maximum absolute atomic E-state index is 12.2. The van der Waals surface area contributed by atoms with Crippen molar-refractivity contribution in [3.05, 3.63) is 24.3 Å². The molecule has 5 heteroatoms. The van der Waals surface area contributed by atoms with Crippen LogP contribution in [0.1, 0.15) is 27.2 Å². The number of carbonyl (C=O) groups excluding carboxylic acids is 1. The highest BCUT2D eigenvalue weighted by Gasteiger charge is 2.29. The second kappa shape index (κ2) is 8.00. The summed E-state index contributed by atoms with van der Waals surface area (Å²) in [5, 5.41) is 11.9. The van der Waals surface area contributed by atoms with Crippen LogP contribution in [0.2, 0.25) is 0 Å². The summed E-state index contributed by atoms with van der Waals surface area (Å²) >= 11 is 0. The van der Waals surface area contributed by atoms with Crippen molar-refractivity contribution in [3.8, 4) is 0 Å². The maximum Gasteiger partial charge on any atom is 0.231 e. The summed E-state index contributed by atoms with van der Waals surface area (Å²) in [5.41, 5.74) is 6.95. The van der Waals surface area contributed by atoms with Gasteiger partial charge in [-0.3, -0.25) is 4.79 Å². The predicted molar refractivity (Wildman–Crippen MR) is 87.5 cm³/mol. The average molecular weight is 293 g/mol. The molecule has 4 N–H and O–H groups in total. The van der Waals surface area contributed by atoms with E-state index in [1.165, 1.54) is 0 Å². The molecule has 0 aliphatic carbocycles. The highest BCUT2D eigenvalue weighted by molar-refractivity contribution is 5.95. The second-order valence-electron chi connectivity index (χ2n) is 5.42. The van der Waals surface area contributed by atoms with Crippen molar-refractivity contribution in [3.63, 3.8) is 0 Å². The Morgan fingerprint density at radius 1 is 1.33 bits per heavy atom. The lowest BCUT2D eigenvalue weighted by Gasteiger charge is -2.25. The van der Waals surface area contributed by atoms with Crippen LogP contribution in [-0.4, -0.2) is 37.3 Å². The van der Waals surface area contributed by atoms with Gasteiger partial charge in [-0.15, -0.1) is 0 Å². The number of aliphatic hydroxyl groups excluding tert-OH is 1. The first kappa shape index (κ1) is 17.5. The third-order valence-electron chi connectivity index (χ3n) is 4.02. The average Bonchev–Trinajstić information content (AvgIpc) is 2.52. The van der Waals surface area contributed by atoms with Gasteiger partial charge in [-0.25, -0.2) is 0 Å². The van der Waals surface area contributed by atoms with Gasteiger partial charge in [0.1, 0.15) is 0 Å². The van der Waals surface area contributed by atoms with E-state index >= 15 is 0 Å². The quantitative estimate of drug-likeness (QED) is 0.683. The molecule has 1 rings (SSSR count). The molecule has 1 aromatic rings. The van der Waals surface area contributed by atoms with Gasteiger partial charge in [0.25, 0.3) is 0 Å². The number of aliphatic hydroxyl groups is 1. The van der Waals surface area contributed by atoms with Crippen LogP contribution < -0.4 is 16.0 Å². The van der Waals surface area contributed by atoms with E-state index in [1.807, 2.05) is 45.0 Å². The number of benzene rings is 1. The summed E-state index contributed by atoms with van der Waals surface area (Å²) in [7, 11) is 0. The molecule has 5 nitrogen and oxygen atoms in total. The molecule has 0 fully saturated rings. The molecule has 0 aliphatic heterocycles. The van der Waals surface area contributed by atoms with E-state index in [9.17, 15) is 4.79 Å². The van der Waals surface area contributed by atoms with Gasteiger partial charge in [0, 0.05) is 31.0 Å². The van der Waals surface area contributed by atoms with Gasteiger partial charge in [0.05, 0.1) is 12.0 Å². The molecular formula is C16H27N3O2. The zero-order chi connectivity index (χ0) is 15.9. The summed E-state index contributed by atoms with van der Waals surface area (Å²) in [6, 6.07) is 7.64. The molecular weight excluding hydrogens is 266 g/mol. The fraction of sp³-hybridized carbons (Fsp3) is 0.562. The van der Waals surface area contributed by atoms with E-state index in [1.54, 1.807) is 0 Å². The number of nitrogens with zero attached hydrogens (tertiary/aromatic N) is 1. The normalized spacial score (nSPS) is 13.6. The first-order valence-corrected chi connectivity index (χ1v) is 7.48. The number of hydrogen-bond donors (Lipinski definition) is 3. The van der Waals surface area contributed by atoms with Gasteiger partial charge in [0.15, 0.2) is 0 Å². The lowest BCUT2D eigenvalue weighted by Crippen LogP contribution is -2.39. The first-order chi connectivity index (χ1) is 10.0. The molecule has 0 radical (unpaired) electrons. The summed E-state index contributed by atoms with van der Waals surface area (Å²) in [6.07, 6.45) is 0.702. The van der Waals surface area contributed by atoms with Crippen molar-refractivity contribution in [2.24, 2.45) is 11.1 Å². The molecule has 0 saturated carbocycles. The fourth-order valence-corrected chi connectivity index (χ4v) is 2.03. The summed E-state index contributed by atoms with van der Waals surface area (Å²) in [4.78, 5) is 14.3. The van der Waals surface area contributed by atoms with Crippen molar-refractivity contribution in [2.45, 2.75) is 27.2 Å². The molecule has 1 amide bonds. The Balaban J connectivity index is 2.77. The van der Waals surface area contributed by atoms with Crippen molar-refractivity contribution >= 4 is 17.3 Å². The zero-order valence-corrected chi connectivity index (χ0v) is 13.2. The molecule has 21 heavy (non-hydrogen) atoms. The zero-order valence-electron chi connectivity index (χ0n) is 13.2. The predicted octanol–water partition coefficient (Wildman–Crippen LogP) is 1.82. The SMILES string of the molecule is CCN(CCO)c1ccc(NC(=O)C(C)(CC)CN)cc1. The van der Waals surface area contributed by atoms with Crippen LogP contribution >= 0.6 is 0 Å². The third kappa shape index (κ3) is 4.44. The minimum atomic E-state index is -0.537. The van der Waals surface area contributed by atoms with Crippen molar-refractivity contribution in [2.75, 3.05) is 36.5 Å². The molecule has 0 spiro atoms. The Hall–Kier alpha value is -1.59. The molecule has 1 aromatic carbocycles. The van der Waals surface area contributed by atoms with E-state index < -0.39 is 5.41 Å². The highest BCUT2D eigenvalue weighted by Crippen LogP contribution is 2.23. The summed E-state index contributed by atoms with van der Waals surface area (Å²) < 4.78 is 0. The van der Waals surface area contributed by atoms with Crippen LogP contribution in [0.25, 0.3) is 0 Å². The smallest absolute Gasteiger partial charge is 0.231 e. The van der Waals surface area contributed by atoms with Crippen LogP contribution in [0.4, 0.5) is 11.4 Å². The van der Waals surface area contributed by atoms with Crippen molar-refractivity contribution in [1.29, 1.82) is 0 Å². The molecule has 0 bridgehead atoms. The number of rotatable bonds is 8. The number of carbonyl (C=O) groups is 1. The Bertz CT molecular complexity index is 441. The van der Waals surface area contributed by atoms with Crippen LogP contribution in [0.3, 0.4) is 0 Å². The summed E-state index contributed by atoms with van der Waals surface area (Å²) in [5.74, 6) is -0.0528. The Morgan fingerprint density at radius 2 is 1.95 bits per heavy atom. The van der Waals surface area contributed by atoms with Crippen LogP contribution in [0, 0.1) is 5.41 Å². The Morgan fingerprint density at radius 3 is 2.38 bits per heavy atom. The molecule has 0 aliphatic rings. The molecule has 0 aromatic heterocycles.